The fraction of sp³-hybridized carbons (Fsp3) is 0.600. The molecule has 1 aliphatic heterocycles. The summed E-state index contributed by atoms with van der Waals surface area (Å²) in [6, 6.07) is 4.51. The average molecular weight is 479 g/mol. The normalized spacial score (nSPS) is 16.8. The van der Waals surface area contributed by atoms with Crippen LogP contribution in [0.25, 0.3) is 0 Å². The number of nitrogens with one attached hydrogen (secondary N) is 1. The van der Waals surface area contributed by atoms with Crippen LogP contribution in [0.4, 0.5) is 0 Å². The van der Waals surface area contributed by atoms with Crippen molar-refractivity contribution in [1.29, 1.82) is 0 Å². The van der Waals surface area contributed by atoms with Gasteiger partial charge in [0.25, 0.3) is 0 Å². The minimum absolute atomic E-state index is 0. The Hall–Kier alpha value is 0.480. The second-order valence-corrected chi connectivity index (χ2v) is 7.47. The Balaban J connectivity index is 0.00000220. The van der Waals surface area contributed by atoms with E-state index in [0.717, 1.165) is 41.5 Å². The molecule has 1 aromatic rings. The molecule has 1 aromatic carbocycles. The number of aromatic hydroxyl groups is 1. The van der Waals surface area contributed by atoms with Gasteiger partial charge in [-0.3, -0.25) is 4.90 Å². The van der Waals surface area contributed by atoms with Crippen LogP contribution >= 0.6 is 56.7 Å². The SMILES string of the molecule is CC(C)C[C@@H](c1cc(Br)c(O)c(Br)c1)N1CCNCC1.Cl.Cl. The summed E-state index contributed by atoms with van der Waals surface area (Å²) < 4.78 is 1.51. The van der Waals surface area contributed by atoms with Crippen molar-refractivity contribution in [1.82, 2.24) is 10.2 Å². The molecule has 2 rings (SSSR count). The zero-order valence-corrected chi connectivity index (χ0v) is 17.6. The van der Waals surface area contributed by atoms with Crippen LogP contribution < -0.4 is 5.32 Å². The first-order chi connectivity index (χ1) is 9.49. The summed E-state index contributed by atoms with van der Waals surface area (Å²) in [5.74, 6) is 0.915. The molecule has 1 atom stereocenters. The lowest BCUT2D eigenvalue weighted by atomic mass is 9.95. The largest absolute Gasteiger partial charge is 0.506 e. The van der Waals surface area contributed by atoms with Gasteiger partial charge in [-0.05, 0) is 61.9 Å². The van der Waals surface area contributed by atoms with Gasteiger partial charge in [-0.1, -0.05) is 13.8 Å². The maximum Gasteiger partial charge on any atom is 0.143 e. The van der Waals surface area contributed by atoms with Gasteiger partial charge in [-0.2, -0.15) is 0 Å². The maximum absolute atomic E-state index is 9.89. The number of piperazine rings is 1. The van der Waals surface area contributed by atoms with Crippen molar-refractivity contribution in [2.45, 2.75) is 26.3 Å². The number of rotatable bonds is 4. The monoisotopic (exact) mass is 476 g/mol. The van der Waals surface area contributed by atoms with E-state index in [2.05, 4.69) is 68.1 Å². The number of hydrogen-bond acceptors (Lipinski definition) is 3. The van der Waals surface area contributed by atoms with E-state index >= 15 is 0 Å². The second-order valence-electron chi connectivity index (χ2n) is 5.76. The number of nitrogens with zero attached hydrogens (tertiary/aromatic N) is 1. The van der Waals surface area contributed by atoms with Gasteiger partial charge in [0.15, 0.2) is 0 Å². The Morgan fingerprint density at radius 2 is 1.64 bits per heavy atom. The molecule has 3 nitrogen and oxygen atoms in total. The minimum Gasteiger partial charge on any atom is -0.506 e. The van der Waals surface area contributed by atoms with Gasteiger partial charge in [0.2, 0.25) is 0 Å². The maximum atomic E-state index is 9.89. The van der Waals surface area contributed by atoms with E-state index < -0.39 is 0 Å². The fourth-order valence-electron chi connectivity index (χ4n) is 2.71. The summed E-state index contributed by atoms with van der Waals surface area (Å²) in [6.45, 7) is 8.78. The van der Waals surface area contributed by atoms with E-state index in [1.807, 2.05) is 0 Å². The first-order valence-corrected chi connectivity index (χ1v) is 8.70. The second kappa shape index (κ2) is 10.4. The van der Waals surface area contributed by atoms with Gasteiger partial charge in [-0.15, -0.1) is 24.8 Å². The minimum atomic E-state index is 0. The number of benzene rings is 1. The molecule has 0 unspecified atom stereocenters. The average Bonchev–Trinajstić information content (AvgIpc) is 2.42. The third kappa shape index (κ3) is 5.84. The number of halogens is 4. The van der Waals surface area contributed by atoms with Crippen molar-refractivity contribution < 1.29 is 5.11 Å². The zero-order chi connectivity index (χ0) is 14.7. The lowest BCUT2D eigenvalue weighted by Gasteiger charge is -2.36. The Morgan fingerprint density at radius 1 is 1.14 bits per heavy atom. The Kier molecular flexibility index (Phi) is 10.6. The third-order valence-electron chi connectivity index (χ3n) is 3.71. The topological polar surface area (TPSA) is 35.5 Å². The first kappa shape index (κ1) is 22.5. The molecule has 1 fully saturated rings. The highest BCUT2D eigenvalue weighted by atomic mass is 79.9. The highest BCUT2D eigenvalue weighted by molar-refractivity contribution is 9.11. The van der Waals surface area contributed by atoms with E-state index in [4.69, 9.17) is 0 Å². The van der Waals surface area contributed by atoms with Crippen LogP contribution in [0, 0.1) is 5.92 Å². The molecule has 7 heteroatoms. The van der Waals surface area contributed by atoms with Crippen molar-refractivity contribution in [3.05, 3.63) is 26.6 Å². The molecule has 0 spiro atoms. The van der Waals surface area contributed by atoms with Crippen LogP contribution in [-0.4, -0.2) is 36.2 Å². The van der Waals surface area contributed by atoms with Gasteiger partial charge in [-0.25, -0.2) is 0 Å². The van der Waals surface area contributed by atoms with Crippen molar-refractivity contribution >= 4 is 56.7 Å². The van der Waals surface area contributed by atoms with Crippen molar-refractivity contribution in [3.8, 4) is 5.75 Å². The molecule has 0 aliphatic carbocycles. The highest BCUT2D eigenvalue weighted by Gasteiger charge is 2.24. The molecule has 1 heterocycles. The molecule has 1 saturated heterocycles. The van der Waals surface area contributed by atoms with E-state index in [0.29, 0.717) is 12.0 Å². The van der Waals surface area contributed by atoms with Gasteiger partial charge < -0.3 is 10.4 Å². The lowest BCUT2D eigenvalue weighted by Crippen LogP contribution is -2.45. The van der Waals surface area contributed by atoms with E-state index in [1.54, 1.807) is 0 Å². The fourth-order valence-corrected chi connectivity index (χ4v) is 3.94. The summed E-state index contributed by atoms with van der Waals surface area (Å²) >= 11 is 6.89. The van der Waals surface area contributed by atoms with Gasteiger partial charge >= 0.3 is 0 Å². The molecular weight excluding hydrogens is 455 g/mol. The summed E-state index contributed by atoms with van der Waals surface area (Å²) in [5, 5.41) is 13.3. The summed E-state index contributed by atoms with van der Waals surface area (Å²) in [4.78, 5) is 2.54. The van der Waals surface area contributed by atoms with Crippen molar-refractivity contribution in [2.24, 2.45) is 5.92 Å². The Bertz CT molecular complexity index is 446. The van der Waals surface area contributed by atoms with Gasteiger partial charge in [0.1, 0.15) is 5.75 Å². The van der Waals surface area contributed by atoms with Crippen LogP contribution in [0.15, 0.2) is 21.1 Å². The summed E-state index contributed by atoms with van der Waals surface area (Å²) in [6.07, 6.45) is 1.13. The molecule has 1 aliphatic rings. The van der Waals surface area contributed by atoms with Crippen LogP contribution in [0.5, 0.6) is 5.75 Å². The van der Waals surface area contributed by atoms with Gasteiger partial charge in [0.05, 0.1) is 8.95 Å². The quantitative estimate of drug-likeness (QED) is 0.655. The third-order valence-corrected chi connectivity index (χ3v) is 4.92. The summed E-state index contributed by atoms with van der Waals surface area (Å²) in [7, 11) is 0. The zero-order valence-electron chi connectivity index (χ0n) is 12.8. The Labute approximate surface area is 162 Å². The van der Waals surface area contributed by atoms with E-state index in [-0.39, 0.29) is 30.6 Å². The molecule has 128 valence electrons. The smallest absolute Gasteiger partial charge is 0.143 e. The van der Waals surface area contributed by atoms with Crippen LogP contribution in [0.3, 0.4) is 0 Å². The molecule has 2 N–H and O–H groups in total. The first-order valence-electron chi connectivity index (χ1n) is 7.11. The molecule has 22 heavy (non-hydrogen) atoms. The predicted octanol–water partition coefficient (Wildman–Crippen LogP) is 4.75. The summed E-state index contributed by atoms with van der Waals surface area (Å²) in [5.41, 5.74) is 1.26. The predicted molar refractivity (Wildman–Crippen MR) is 105 cm³/mol. The molecule has 0 bridgehead atoms. The van der Waals surface area contributed by atoms with Crippen LogP contribution in [0.1, 0.15) is 31.9 Å². The van der Waals surface area contributed by atoms with Crippen LogP contribution in [-0.2, 0) is 0 Å². The van der Waals surface area contributed by atoms with E-state index in [1.165, 1.54) is 5.56 Å². The van der Waals surface area contributed by atoms with E-state index in [9.17, 15) is 5.11 Å². The number of hydrogen-bond donors (Lipinski definition) is 2. The van der Waals surface area contributed by atoms with Crippen LogP contribution in [0.2, 0.25) is 0 Å². The molecular formula is C15H24Br2Cl2N2O. The molecule has 0 amide bonds. The van der Waals surface area contributed by atoms with Crippen molar-refractivity contribution in [3.63, 3.8) is 0 Å². The number of phenolic OH excluding ortho intramolecular Hbond substituents is 1. The number of phenols is 1. The van der Waals surface area contributed by atoms with Crippen molar-refractivity contribution in [2.75, 3.05) is 26.2 Å². The lowest BCUT2D eigenvalue weighted by molar-refractivity contribution is 0.154. The standard InChI is InChI=1S/C15H22Br2N2O.2ClH/c1-10(2)7-14(19-5-3-18-4-6-19)11-8-12(16)15(20)13(17)9-11;;/h8-10,14,18,20H,3-7H2,1-2H3;2*1H/t14-;;/m0../s1. The highest BCUT2D eigenvalue weighted by Crippen LogP contribution is 2.38. The van der Waals surface area contributed by atoms with Gasteiger partial charge in [0, 0.05) is 32.2 Å². The molecule has 0 saturated carbocycles. The Morgan fingerprint density at radius 3 is 2.09 bits per heavy atom. The molecule has 0 radical (unpaired) electrons. The molecule has 0 aromatic heterocycles.